The molecule has 4 atom stereocenters. The van der Waals surface area contributed by atoms with Gasteiger partial charge in [0.25, 0.3) is 5.92 Å². The smallest absolute Gasteiger partial charge is 0.273 e. The maximum Gasteiger partial charge on any atom is 0.273 e. The summed E-state index contributed by atoms with van der Waals surface area (Å²) in [7, 11) is 0. The van der Waals surface area contributed by atoms with Gasteiger partial charge in [-0.2, -0.15) is 0 Å². The molecule has 3 rings (SSSR count). The number of nitrogens with zero attached hydrogens (tertiary/aromatic N) is 1. The number of morpholine rings is 1. The first-order chi connectivity index (χ1) is 12.0. The molecule has 0 amide bonds. The lowest BCUT2D eigenvalue weighted by molar-refractivity contribution is -0.144. The van der Waals surface area contributed by atoms with Gasteiger partial charge in [0.15, 0.2) is 0 Å². The Morgan fingerprint density at radius 3 is 2.56 bits per heavy atom. The van der Waals surface area contributed by atoms with E-state index in [2.05, 4.69) is 4.90 Å². The summed E-state index contributed by atoms with van der Waals surface area (Å²) >= 11 is 1.55. The number of aliphatic hydroxyl groups is 1. The van der Waals surface area contributed by atoms with Gasteiger partial charge in [-0.25, -0.2) is 8.78 Å². The van der Waals surface area contributed by atoms with Crippen LogP contribution >= 0.6 is 11.8 Å². The third-order valence-electron chi connectivity index (χ3n) is 5.60. The SMILES string of the molecule is NC(O)C1SC(N2CCOCC2)CC1OCC(F)(F)C1CCCCC1. The third kappa shape index (κ3) is 5.05. The first-order valence-corrected chi connectivity index (χ1v) is 10.3. The van der Waals surface area contributed by atoms with Crippen molar-refractivity contribution in [1.29, 1.82) is 0 Å². The zero-order chi connectivity index (χ0) is 17.9. The van der Waals surface area contributed by atoms with Gasteiger partial charge in [-0.05, 0) is 19.3 Å². The lowest BCUT2D eigenvalue weighted by atomic mass is 9.85. The maximum absolute atomic E-state index is 14.5. The molecule has 0 aromatic heterocycles. The first kappa shape index (κ1) is 19.8. The second-order valence-electron chi connectivity index (χ2n) is 7.38. The molecule has 0 aromatic carbocycles. The minimum Gasteiger partial charge on any atom is -0.379 e. The second kappa shape index (κ2) is 8.80. The Hall–Kier alpha value is 0.01000. The molecule has 3 fully saturated rings. The Bertz CT molecular complexity index is 419. The van der Waals surface area contributed by atoms with Crippen LogP contribution in [0.15, 0.2) is 0 Å². The predicted octanol–water partition coefficient (Wildman–Crippen LogP) is 2.03. The molecule has 4 unspecified atom stereocenters. The van der Waals surface area contributed by atoms with Crippen LogP contribution in [0.2, 0.25) is 0 Å². The summed E-state index contributed by atoms with van der Waals surface area (Å²) in [4.78, 5) is 2.27. The number of hydrogen-bond acceptors (Lipinski definition) is 6. The molecular weight excluding hydrogens is 350 g/mol. The van der Waals surface area contributed by atoms with Crippen molar-refractivity contribution in [2.45, 2.75) is 67.4 Å². The standard InChI is InChI=1S/C17H30F2N2O3S/c18-17(19,12-4-2-1-3-5-12)11-24-13-10-14(25-15(13)16(20)22)21-6-8-23-9-7-21/h12-16,22H,1-11,20H2. The van der Waals surface area contributed by atoms with E-state index in [1.54, 1.807) is 11.8 Å². The van der Waals surface area contributed by atoms with E-state index in [1.165, 1.54) is 0 Å². The summed E-state index contributed by atoms with van der Waals surface area (Å²) in [5.74, 6) is -3.38. The third-order valence-corrected chi connectivity index (χ3v) is 7.30. The minimum absolute atomic E-state index is 0.139. The maximum atomic E-state index is 14.5. The van der Waals surface area contributed by atoms with E-state index in [0.717, 1.165) is 32.4 Å². The van der Waals surface area contributed by atoms with Gasteiger partial charge in [-0.1, -0.05) is 19.3 Å². The van der Waals surface area contributed by atoms with Crippen LogP contribution < -0.4 is 5.73 Å². The summed E-state index contributed by atoms with van der Waals surface area (Å²) < 4.78 is 40.0. The Kier molecular flexibility index (Phi) is 6.96. The van der Waals surface area contributed by atoms with Crippen LogP contribution in [-0.4, -0.2) is 71.8 Å². The van der Waals surface area contributed by atoms with Crippen LogP contribution in [0, 0.1) is 5.92 Å². The molecule has 3 N–H and O–H groups in total. The average Bonchev–Trinajstić information content (AvgIpc) is 3.06. The van der Waals surface area contributed by atoms with E-state index >= 15 is 0 Å². The Labute approximate surface area is 152 Å². The molecule has 8 heteroatoms. The normalized spacial score (nSPS) is 34.3. The molecule has 0 radical (unpaired) electrons. The van der Waals surface area contributed by atoms with Crippen LogP contribution in [0.3, 0.4) is 0 Å². The number of thioether (sulfide) groups is 1. The number of rotatable bonds is 6. The predicted molar refractivity (Wildman–Crippen MR) is 93.6 cm³/mol. The quantitative estimate of drug-likeness (QED) is 0.688. The highest BCUT2D eigenvalue weighted by Crippen LogP contribution is 2.41. The molecule has 0 aromatic rings. The van der Waals surface area contributed by atoms with Crippen LogP contribution in [0.1, 0.15) is 38.5 Å². The first-order valence-electron chi connectivity index (χ1n) is 9.38. The molecular formula is C17H30F2N2O3S. The molecule has 1 aliphatic carbocycles. The van der Waals surface area contributed by atoms with Gasteiger partial charge >= 0.3 is 0 Å². The number of halogens is 2. The van der Waals surface area contributed by atoms with E-state index in [-0.39, 0.29) is 10.6 Å². The lowest BCUT2D eigenvalue weighted by Crippen LogP contribution is -2.42. The van der Waals surface area contributed by atoms with E-state index in [9.17, 15) is 13.9 Å². The van der Waals surface area contributed by atoms with Gasteiger partial charge in [-0.15, -0.1) is 11.8 Å². The lowest BCUT2D eigenvalue weighted by Gasteiger charge is -2.32. The topological polar surface area (TPSA) is 68.0 Å². The van der Waals surface area contributed by atoms with Gasteiger partial charge in [0.1, 0.15) is 12.8 Å². The Morgan fingerprint density at radius 2 is 1.92 bits per heavy atom. The molecule has 2 heterocycles. The molecule has 0 spiro atoms. The van der Waals surface area contributed by atoms with E-state index in [1.807, 2.05) is 0 Å². The molecule has 146 valence electrons. The monoisotopic (exact) mass is 380 g/mol. The van der Waals surface area contributed by atoms with Crippen molar-refractivity contribution < 1.29 is 23.4 Å². The van der Waals surface area contributed by atoms with Gasteiger partial charge in [0, 0.05) is 19.0 Å². The van der Waals surface area contributed by atoms with Crippen molar-refractivity contribution in [3.8, 4) is 0 Å². The van der Waals surface area contributed by atoms with Gasteiger partial charge in [-0.3, -0.25) is 4.90 Å². The number of aliphatic hydroxyl groups excluding tert-OH is 1. The summed E-state index contributed by atoms with van der Waals surface area (Å²) in [5.41, 5.74) is 5.69. The summed E-state index contributed by atoms with van der Waals surface area (Å²) in [5, 5.41) is 9.64. The summed E-state index contributed by atoms with van der Waals surface area (Å²) in [6.07, 6.45) is 3.08. The molecule has 25 heavy (non-hydrogen) atoms. The number of hydrogen-bond donors (Lipinski definition) is 2. The molecule has 0 bridgehead atoms. The fourth-order valence-electron chi connectivity index (χ4n) is 4.08. The summed E-state index contributed by atoms with van der Waals surface area (Å²) in [6.45, 7) is 2.42. The van der Waals surface area contributed by atoms with Crippen LogP contribution in [0.4, 0.5) is 8.78 Å². The van der Waals surface area contributed by atoms with Crippen molar-refractivity contribution in [2.75, 3.05) is 32.9 Å². The van der Waals surface area contributed by atoms with Crippen LogP contribution in [0.25, 0.3) is 0 Å². The van der Waals surface area contributed by atoms with Gasteiger partial charge in [0.05, 0.1) is 29.9 Å². The van der Waals surface area contributed by atoms with Crippen molar-refractivity contribution in [3.05, 3.63) is 0 Å². The van der Waals surface area contributed by atoms with E-state index in [4.69, 9.17) is 15.2 Å². The highest BCUT2D eigenvalue weighted by molar-refractivity contribution is 8.00. The molecule has 1 saturated carbocycles. The van der Waals surface area contributed by atoms with Crippen molar-refractivity contribution in [2.24, 2.45) is 11.7 Å². The van der Waals surface area contributed by atoms with E-state index in [0.29, 0.717) is 32.5 Å². The molecule has 2 saturated heterocycles. The average molecular weight is 381 g/mol. The molecule has 5 nitrogen and oxygen atoms in total. The highest BCUT2D eigenvalue weighted by atomic mass is 32.2. The Morgan fingerprint density at radius 1 is 1.24 bits per heavy atom. The molecule has 3 aliphatic rings. The van der Waals surface area contributed by atoms with Gasteiger partial charge in [0.2, 0.25) is 0 Å². The van der Waals surface area contributed by atoms with Crippen molar-refractivity contribution in [1.82, 2.24) is 4.90 Å². The minimum atomic E-state index is -2.80. The summed E-state index contributed by atoms with van der Waals surface area (Å²) in [6, 6.07) is 0. The van der Waals surface area contributed by atoms with Crippen molar-refractivity contribution in [3.63, 3.8) is 0 Å². The number of alkyl halides is 2. The van der Waals surface area contributed by atoms with Crippen LogP contribution in [-0.2, 0) is 9.47 Å². The van der Waals surface area contributed by atoms with E-state index < -0.39 is 30.8 Å². The molecule has 2 aliphatic heterocycles. The number of ether oxygens (including phenoxy) is 2. The number of nitrogens with two attached hydrogens (primary N) is 1. The zero-order valence-corrected chi connectivity index (χ0v) is 15.4. The van der Waals surface area contributed by atoms with Crippen LogP contribution in [0.5, 0.6) is 0 Å². The zero-order valence-electron chi connectivity index (χ0n) is 14.6. The Balaban J connectivity index is 1.55. The van der Waals surface area contributed by atoms with Crippen molar-refractivity contribution >= 4 is 11.8 Å². The fraction of sp³-hybridized carbons (Fsp3) is 1.00. The van der Waals surface area contributed by atoms with Gasteiger partial charge < -0.3 is 20.3 Å². The second-order valence-corrected chi connectivity index (χ2v) is 8.74. The highest BCUT2D eigenvalue weighted by Gasteiger charge is 2.45. The fourth-order valence-corrected chi connectivity index (χ4v) is 5.65. The largest absolute Gasteiger partial charge is 0.379 e.